The predicted molar refractivity (Wildman–Crippen MR) is 120 cm³/mol. The maximum atomic E-state index is 12.1. The number of carbonyl (C=O) groups excluding carboxylic acids is 1. The summed E-state index contributed by atoms with van der Waals surface area (Å²) in [7, 11) is -0.425. The first-order valence-electron chi connectivity index (χ1n) is 9.82. The zero-order valence-corrected chi connectivity index (χ0v) is 17.5. The molecule has 144 valence electrons. The summed E-state index contributed by atoms with van der Waals surface area (Å²) in [6.45, 7) is 2.17. The van der Waals surface area contributed by atoms with Crippen LogP contribution in [0.2, 0.25) is 0 Å². The number of ether oxygens (including phenoxy) is 1. The quantitative estimate of drug-likeness (QED) is 0.415. The number of rotatable bonds is 8. The van der Waals surface area contributed by atoms with Crippen LogP contribution in [0.1, 0.15) is 19.8 Å². The molecule has 3 rings (SSSR count). The summed E-state index contributed by atoms with van der Waals surface area (Å²) in [6.07, 6.45) is 2.36. The Morgan fingerprint density at radius 2 is 1.18 bits per heavy atom. The third kappa shape index (κ3) is 4.34. The molecule has 28 heavy (non-hydrogen) atoms. The molecule has 0 heterocycles. The first kappa shape index (κ1) is 20.3. The average molecular weight is 391 g/mol. The van der Waals surface area contributed by atoms with Gasteiger partial charge in [-0.1, -0.05) is 61.5 Å². The van der Waals surface area contributed by atoms with Crippen molar-refractivity contribution in [2.75, 3.05) is 13.3 Å². The van der Waals surface area contributed by atoms with E-state index in [0.717, 1.165) is 12.6 Å². The molecule has 0 spiro atoms. The van der Waals surface area contributed by atoms with Gasteiger partial charge in [0.05, 0.1) is 19.7 Å². The first-order chi connectivity index (χ1) is 13.7. The van der Waals surface area contributed by atoms with Gasteiger partial charge in [0, 0.05) is 5.92 Å². The van der Waals surface area contributed by atoms with Crippen LogP contribution < -0.4 is 15.9 Å². The van der Waals surface area contributed by atoms with E-state index in [2.05, 4.69) is 97.9 Å². The maximum absolute atomic E-state index is 12.1. The van der Waals surface area contributed by atoms with E-state index in [4.69, 9.17) is 4.74 Å². The standard InChI is InChI=1S/C25H28O2P/c1-3-21(19-25(26)27-2)20-28(22-13-7-4-8-14-22,23-15-9-5-10-16-23)24-17-11-6-12-18-24/h4-18,21H,3,19-20H2,1-2H3/q+1. The molecule has 1 unspecified atom stereocenters. The van der Waals surface area contributed by atoms with E-state index in [-0.39, 0.29) is 11.9 Å². The third-order valence-electron chi connectivity index (χ3n) is 5.38. The van der Waals surface area contributed by atoms with Crippen molar-refractivity contribution in [3.8, 4) is 0 Å². The van der Waals surface area contributed by atoms with Gasteiger partial charge in [0.25, 0.3) is 0 Å². The van der Waals surface area contributed by atoms with E-state index < -0.39 is 7.26 Å². The molecular formula is C25H28O2P+. The molecule has 0 amide bonds. The fourth-order valence-electron chi connectivity index (χ4n) is 3.86. The van der Waals surface area contributed by atoms with Gasteiger partial charge in [0.2, 0.25) is 0 Å². The Morgan fingerprint density at radius 1 is 0.786 bits per heavy atom. The Labute approximate surface area is 168 Å². The SMILES string of the molecule is CCC(CC(=O)OC)C[P+](c1ccccc1)(c1ccccc1)c1ccccc1. The zero-order valence-electron chi connectivity index (χ0n) is 16.6. The molecule has 2 nitrogen and oxygen atoms in total. The summed E-state index contributed by atoms with van der Waals surface area (Å²) in [6, 6.07) is 32.4. The van der Waals surface area contributed by atoms with E-state index >= 15 is 0 Å². The smallest absolute Gasteiger partial charge is 0.305 e. The number of esters is 1. The van der Waals surface area contributed by atoms with Gasteiger partial charge in [-0.2, -0.15) is 0 Å². The molecule has 1 atom stereocenters. The number of carbonyl (C=O) groups is 1. The van der Waals surface area contributed by atoms with Gasteiger partial charge in [-0.05, 0) is 42.8 Å². The van der Waals surface area contributed by atoms with Crippen molar-refractivity contribution in [3.63, 3.8) is 0 Å². The van der Waals surface area contributed by atoms with E-state index in [1.165, 1.54) is 23.0 Å². The lowest BCUT2D eigenvalue weighted by Crippen LogP contribution is -2.36. The lowest BCUT2D eigenvalue weighted by Gasteiger charge is -2.30. The molecule has 3 aromatic rings. The highest BCUT2D eigenvalue weighted by atomic mass is 31.2. The summed E-state index contributed by atoms with van der Waals surface area (Å²) >= 11 is 0. The van der Waals surface area contributed by atoms with E-state index in [0.29, 0.717) is 6.42 Å². The Bertz CT molecular complexity index is 766. The highest BCUT2D eigenvalue weighted by molar-refractivity contribution is 7.95. The average Bonchev–Trinajstić information content (AvgIpc) is 2.78. The summed E-state index contributed by atoms with van der Waals surface area (Å²) in [5.74, 6) is 0.139. The number of hydrogen-bond donors (Lipinski definition) is 0. The third-order valence-corrected chi connectivity index (χ3v) is 9.99. The van der Waals surface area contributed by atoms with Gasteiger partial charge in [-0.3, -0.25) is 4.79 Å². The lowest BCUT2D eigenvalue weighted by atomic mass is 10.1. The molecule has 0 aliphatic rings. The summed E-state index contributed by atoms with van der Waals surface area (Å²) in [4.78, 5) is 12.1. The fourth-order valence-corrected chi connectivity index (χ4v) is 8.59. The number of methoxy groups -OCH3 is 1. The van der Waals surface area contributed by atoms with Crippen LogP contribution in [0.15, 0.2) is 91.0 Å². The Balaban J connectivity index is 2.20. The van der Waals surface area contributed by atoms with Crippen LogP contribution in [0.25, 0.3) is 0 Å². The maximum Gasteiger partial charge on any atom is 0.305 e. The van der Waals surface area contributed by atoms with Gasteiger partial charge in [-0.15, -0.1) is 0 Å². The molecule has 0 saturated carbocycles. The molecule has 0 saturated heterocycles. The highest BCUT2D eigenvalue weighted by Gasteiger charge is 2.46. The van der Waals surface area contributed by atoms with Crippen LogP contribution >= 0.6 is 7.26 Å². The molecule has 0 radical (unpaired) electrons. The van der Waals surface area contributed by atoms with Gasteiger partial charge in [0.1, 0.15) is 23.2 Å². The summed E-state index contributed by atoms with van der Waals surface area (Å²) < 4.78 is 4.99. The van der Waals surface area contributed by atoms with Crippen LogP contribution in [0.5, 0.6) is 0 Å². The first-order valence-corrected chi connectivity index (χ1v) is 11.8. The highest BCUT2D eigenvalue weighted by Crippen LogP contribution is 2.57. The van der Waals surface area contributed by atoms with Crippen molar-refractivity contribution in [3.05, 3.63) is 91.0 Å². The van der Waals surface area contributed by atoms with Gasteiger partial charge < -0.3 is 4.74 Å². The fraction of sp³-hybridized carbons (Fsp3) is 0.240. The molecular weight excluding hydrogens is 363 g/mol. The van der Waals surface area contributed by atoms with Crippen molar-refractivity contribution >= 4 is 29.1 Å². The van der Waals surface area contributed by atoms with E-state index in [1.54, 1.807) is 0 Å². The summed E-state index contributed by atoms with van der Waals surface area (Å²) in [5.41, 5.74) is 0. The minimum absolute atomic E-state index is 0.126. The lowest BCUT2D eigenvalue weighted by molar-refractivity contribution is -0.141. The topological polar surface area (TPSA) is 26.3 Å². The second-order valence-corrected chi connectivity index (χ2v) is 10.6. The summed E-state index contributed by atoms with van der Waals surface area (Å²) in [5, 5.41) is 4.07. The predicted octanol–water partition coefficient (Wildman–Crippen LogP) is 4.57. The Morgan fingerprint density at radius 3 is 1.50 bits per heavy atom. The Hall–Kier alpha value is -2.44. The van der Waals surface area contributed by atoms with Gasteiger partial charge >= 0.3 is 5.97 Å². The second-order valence-electron chi connectivity index (χ2n) is 7.05. The molecule has 0 aliphatic heterocycles. The normalized spacial score (nSPS) is 12.4. The van der Waals surface area contributed by atoms with Crippen LogP contribution in [0.3, 0.4) is 0 Å². The second kappa shape index (κ2) is 9.66. The zero-order chi connectivity index (χ0) is 19.8. The number of benzene rings is 3. The van der Waals surface area contributed by atoms with Gasteiger partial charge in [-0.25, -0.2) is 0 Å². The number of hydrogen-bond acceptors (Lipinski definition) is 2. The van der Waals surface area contributed by atoms with Gasteiger partial charge in [0.15, 0.2) is 0 Å². The van der Waals surface area contributed by atoms with E-state index in [1.807, 2.05) is 0 Å². The van der Waals surface area contributed by atoms with Crippen LogP contribution in [0.4, 0.5) is 0 Å². The van der Waals surface area contributed by atoms with Crippen molar-refractivity contribution < 1.29 is 9.53 Å². The molecule has 0 bridgehead atoms. The van der Waals surface area contributed by atoms with Crippen molar-refractivity contribution in [1.29, 1.82) is 0 Å². The minimum Gasteiger partial charge on any atom is -0.469 e. The van der Waals surface area contributed by atoms with Crippen LogP contribution in [0, 0.1) is 5.92 Å². The molecule has 0 aromatic heterocycles. The monoisotopic (exact) mass is 391 g/mol. The van der Waals surface area contributed by atoms with Crippen LogP contribution in [-0.4, -0.2) is 19.2 Å². The molecule has 3 aromatic carbocycles. The van der Waals surface area contributed by atoms with Crippen molar-refractivity contribution in [1.82, 2.24) is 0 Å². The Kier molecular flexibility index (Phi) is 7.01. The molecule has 3 heteroatoms. The minimum atomic E-state index is -1.90. The molecule has 0 fully saturated rings. The van der Waals surface area contributed by atoms with Crippen LogP contribution in [-0.2, 0) is 9.53 Å². The molecule has 0 aliphatic carbocycles. The largest absolute Gasteiger partial charge is 0.469 e. The van der Waals surface area contributed by atoms with Crippen molar-refractivity contribution in [2.45, 2.75) is 19.8 Å². The van der Waals surface area contributed by atoms with E-state index in [9.17, 15) is 4.79 Å². The van der Waals surface area contributed by atoms with Crippen molar-refractivity contribution in [2.24, 2.45) is 5.92 Å². The molecule has 0 N–H and O–H groups in total.